The summed E-state index contributed by atoms with van der Waals surface area (Å²) in [4.78, 5) is 12.3. The summed E-state index contributed by atoms with van der Waals surface area (Å²) in [5.74, 6) is 1.01. The molecule has 2 saturated heterocycles. The van der Waals surface area contributed by atoms with Crippen LogP contribution in [0.4, 0.5) is 0 Å². The van der Waals surface area contributed by atoms with Gasteiger partial charge in [0, 0.05) is 30.4 Å². The fraction of sp³-hybridized carbons (Fsp3) is 0.938. The van der Waals surface area contributed by atoms with E-state index >= 15 is 0 Å². The van der Waals surface area contributed by atoms with E-state index in [2.05, 4.69) is 6.92 Å². The second-order valence-electron chi connectivity index (χ2n) is 6.87. The minimum absolute atomic E-state index is 0.0903. The van der Waals surface area contributed by atoms with Crippen LogP contribution < -0.4 is 0 Å². The molecule has 3 bridgehead atoms. The molecule has 2 heterocycles. The van der Waals surface area contributed by atoms with E-state index in [1.807, 2.05) is 11.8 Å². The summed E-state index contributed by atoms with van der Waals surface area (Å²) >= 11 is 1.89. The molecule has 1 saturated carbocycles. The molecule has 1 N–H and O–H groups in total. The van der Waals surface area contributed by atoms with Gasteiger partial charge in [0.05, 0.1) is 0 Å². The molecule has 0 amide bonds. The molecule has 0 aromatic rings. The molecule has 0 aromatic carbocycles. The fourth-order valence-electron chi connectivity index (χ4n) is 3.81. The average Bonchev–Trinajstić information content (AvgIpc) is 2.59. The Kier molecular flexibility index (Phi) is 4.39. The molecule has 5 atom stereocenters. The first-order valence-corrected chi connectivity index (χ1v) is 9.33. The number of Topliss-reactive ketones (excluding diaryl/α,β-unsaturated/α-hetero) is 1. The summed E-state index contributed by atoms with van der Waals surface area (Å²) in [7, 11) is 0. The molecule has 5 heteroatoms. The second kappa shape index (κ2) is 5.84. The number of hydrogen-bond donors (Lipinski definition) is 1. The highest BCUT2D eigenvalue weighted by atomic mass is 32.2. The van der Waals surface area contributed by atoms with Crippen LogP contribution in [-0.2, 0) is 14.3 Å². The van der Waals surface area contributed by atoms with Crippen LogP contribution in [0.15, 0.2) is 0 Å². The maximum Gasteiger partial charge on any atom is 0.198 e. The van der Waals surface area contributed by atoms with Crippen LogP contribution in [0.1, 0.15) is 52.4 Å². The molecule has 4 nitrogen and oxygen atoms in total. The Hall–Kier alpha value is -0.100. The molecule has 3 fully saturated rings. The van der Waals surface area contributed by atoms with Crippen molar-refractivity contribution in [2.75, 3.05) is 11.5 Å². The molecule has 3 aliphatic rings. The van der Waals surface area contributed by atoms with Crippen LogP contribution >= 0.6 is 11.8 Å². The zero-order chi connectivity index (χ0) is 15.1. The molecule has 3 rings (SSSR count). The summed E-state index contributed by atoms with van der Waals surface area (Å²) < 4.78 is 11.7. The minimum atomic E-state index is -1.25. The molecular weight excluding hydrogens is 288 g/mol. The van der Waals surface area contributed by atoms with Crippen LogP contribution in [0.25, 0.3) is 0 Å². The molecule has 0 aromatic heterocycles. The van der Waals surface area contributed by atoms with E-state index in [0.717, 1.165) is 11.5 Å². The lowest BCUT2D eigenvalue weighted by atomic mass is 9.70. The van der Waals surface area contributed by atoms with Gasteiger partial charge in [0.25, 0.3) is 0 Å². The van der Waals surface area contributed by atoms with Crippen molar-refractivity contribution < 1.29 is 19.4 Å². The van der Waals surface area contributed by atoms with E-state index < -0.39 is 17.7 Å². The molecule has 0 spiro atoms. The van der Waals surface area contributed by atoms with Crippen molar-refractivity contribution in [2.45, 2.75) is 70.1 Å². The molecule has 2 aliphatic heterocycles. The maximum atomic E-state index is 12.3. The van der Waals surface area contributed by atoms with Crippen LogP contribution in [0.3, 0.4) is 0 Å². The normalized spacial score (nSPS) is 44.5. The van der Waals surface area contributed by atoms with Gasteiger partial charge < -0.3 is 14.6 Å². The number of ether oxygens (including phenoxy) is 2. The van der Waals surface area contributed by atoms with Gasteiger partial charge in [-0.3, -0.25) is 4.79 Å². The Morgan fingerprint density at radius 2 is 2.14 bits per heavy atom. The lowest BCUT2D eigenvalue weighted by Gasteiger charge is -2.45. The number of fused-ring (bicyclic) bond motifs is 2. The quantitative estimate of drug-likeness (QED) is 0.732. The predicted octanol–water partition coefficient (Wildman–Crippen LogP) is 2.73. The Labute approximate surface area is 131 Å². The smallest absolute Gasteiger partial charge is 0.198 e. The number of aliphatic hydroxyl groups is 1. The summed E-state index contributed by atoms with van der Waals surface area (Å²) in [6.07, 6.45) is 5.34. The summed E-state index contributed by atoms with van der Waals surface area (Å²) in [5.41, 5.74) is -0.841. The van der Waals surface area contributed by atoms with E-state index in [0.29, 0.717) is 6.42 Å². The fourth-order valence-corrected chi connectivity index (χ4v) is 5.04. The standard InChI is InChI=1S/C16H26O4S/c1-3-4-5-6-7-21-10-12-11-8-16(18)15(2,9-13(11)17)19-14(12)20-16/h11-12,14,18H,3-10H2,1-2H3/t11-,12-,14+,15+,16-/m1/s1. The SMILES string of the molecule is CCCCCCSC[C@H]1[C@@H]2O[C@]3(O)C[C@H]1C(=O)C[C@]3(C)O2. The first-order chi connectivity index (χ1) is 9.99. The summed E-state index contributed by atoms with van der Waals surface area (Å²) in [6, 6.07) is 0. The van der Waals surface area contributed by atoms with E-state index in [1.165, 1.54) is 25.7 Å². The van der Waals surface area contributed by atoms with Crippen LogP contribution in [-0.4, -0.2) is 40.1 Å². The van der Waals surface area contributed by atoms with E-state index in [-0.39, 0.29) is 24.0 Å². The topological polar surface area (TPSA) is 55.8 Å². The van der Waals surface area contributed by atoms with Crippen molar-refractivity contribution in [3.8, 4) is 0 Å². The summed E-state index contributed by atoms with van der Waals surface area (Å²) in [6.45, 7) is 4.02. The van der Waals surface area contributed by atoms with Gasteiger partial charge in [-0.1, -0.05) is 26.2 Å². The number of carbonyl (C=O) groups excluding carboxylic acids is 1. The van der Waals surface area contributed by atoms with Crippen LogP contribution in [0, 0.1) is 11.8 Å². The van der Waals surface area contributed by atoms with Gasteiger partial charge in [0.2, 0.25) is 0 Å². The second-order valence-corrected chi connectivity index (χ2v) is 8.02. The third kappa shape index (κ3) is 2.67. The average molecular weight is 314 g/mol. The maximum absolute atomic E-state index is 12.3. The van der Waals surface area contributed by atoms with Crippen molar-refractivity contribution in [3.05, 3.63) is 0 Å². The van der Waals surface area contributed by atoms with E-state index in [9.17, 15) is 9.90 Å². The van der Waals surface area contributed by atoms with Crippen molar-refractivity contribution in [2.24, 2.45) is 11.8 Å². The first kappa shape index (κ1) is 15.8. The van der Waals surface area contributed by atoms with Gasteiger partial charge in [0.1, 0.15) is 11.4 Å². The van der Waals surface area contributed by atoms with Gasteiger partial charge in [-0.05, 0) is 19.1 Å². The first-order valence-electron chi connectivity index (χ1n) is 8.17. The zero-order valence-electron chi connectivity index (χ0n) is 13.0. The third-order valence-electron chi connectivity index (χ3n) is 5.25. The molecular formula is C16H26O4S. The Morgan fingerprint density at radius 3 is 2.90 bits per heavy atom. The lowest BCUT2D eigenvalue weighted by Crippen LogP contribution is -2.59. The van der Waals surface area contributed by atoms with Crippen molar-refractivity contribution in [1.29, 1.82) is 0 Å². The largest absolute Gasteiger partial charge is 0.363 e. The number of hydrogen-bond acceptors (Lipinski definition) is 5. The lowest BCUT2D eigenvalue weighted by molar-refractivity contribution is -0.266. The van der Waals surface area contributed by atoms with Gasteiger partial charge in [-0.25, -0.2) is 0 Å². The third-order valence-corrected chi connectivity index (χ3v) is 6.45. The van der Waals surface area contributed by atoms with Gasteiger partial charge >= 0.3 is 0 Å². The number of ketones is 1. The number of rotatable bonds is 7. The molecule has 0 unspecified atom stereocenters. The van der Waals surface area contributed by atoms with Crippen LogP contribution in [0.2, 0.25) is 0 Å². The van der Waals surface area contributed by atoms with Gasteiger partial charge in [-0.2, -0.15) is 11.8 Å². The number of unbranched alkanes of at least 4 members (excludes halogenated alkanes) is 3. The van der Waals surface area contributed by atoms with E-state index in [1.54, 1.807) is 6.92 Å². The molecule has 1 aliphatic carbocycles. The van der Waals surface area contributed by atoms with Crippen molar-refractivity contribution in [1.82, 2.24) is 0 Å². The summed E-state index contributed by atoms with van der Waals surface area (Å²) in [5, 5.41) is 10.6. The Balaban J connectivity index is 1.56. The Bertz CT molecular complexity index is 415. The van der Waals surface area contributed by atoms with Gasteiger partial charge in [-0.15, -0.1) is 0 Å². The van der Waals surface area contributed by atoms with Gasteiger partial charge in [0.15, 0.2) is 12.1 Å². The Morgan fingerprint density at radius 1 is 1.33 bits per heavy atom. The minimum Gasteiger partial charge on any atom is -0.363 e. The monoisotopic (exact) mass is 314 g/mol. The molecule has 120 valence electrons. The number of carbonyl (C=O) groups is 1. The van der Waals surface area contributed by atoms with Crippen LogP contribution in [0.5, 0.6) is 0 Å². The molecule has 21 heavy (non-hydrogen) atoms. The molecule has 0 radical (unpaired) electrons. The van der Waals surface area contributed by atoms with E-state index in [4.69, 9.17) is 9.47 Å². The van der Waals surface area contributed by atoms with Crippen molar-refractivity contribution >= 4 is 17.5 Å². The predicted molar refractivity (Wildman–Crippen MR) is 82.0 cm³/mol. The highest BCUT2D eigenvalue weighted by Gasteiger charge is 2.69. The van der Waals surface area contributed by atoms with Crippen molar-refractivity contribution in [3.63, 3.8) is 0 Å². The zero-order valence-corrected chi connectivity index (χ0v) is 13.8. The highest BCUT2D eigenvalue weighted by Crippen LogP contribution is 2.56. The number of thioether (sulfide) groups is 1. The highest BCUT2D eigenvalue weighted by molar-refractivity contribution is 7.99.